The molecule has 140 valence electrons. The Labute approximate surface area is 154 Å². The molecule has 0 spiro atoms. The minimum atomic E-state index is -4.33. The highest BCUT2D eigenvalue weighted by atomic mass is 32.1. The fourth-order valence-electron chi connectivity index (χ4n) is 2.78. The van der Waals surface area contributed by atoms with Crippen molar-refractivity contribution in [3.63, 3.8) is 0 Å². The topological polar surface area (TPSA) is 29.5 Å². The van der Waals surface area contributed by atoms with Gasteiger partial charge in [-0.3, -0.25) is 0 Å². The molecule has 3 rings (SSSR count). The lowest BCUT2D eigenvalue weighted by Crippen LogP contribution is -2.39. The Morgan fingerprint density at radius 3 is 2.38 bits per heavy atom. The van der Waals surface area contributed by atoms with E-state index >= 15 is 0 Å². The summed E-state index contributed by atoms with van der Waals surface area (Å²) in [5, 5.41) is 0. The van der Waals surface area contributed by atoms with Crippen LogP contribution in [0.4, 0.5) is 18.0 Å². The Balaban J connectivity index is 1.76. The monoisotopic (exact) mass is 383 g/mol. The summed E-state index contributed by atoms with van der Waals surface area (Å²) in [5.41, 5.74) is 0.583. The van der Waals surface area contributed by atoms with Gasteiger partial charge < -0.3 is 9.64 Å². The molecule has 3 nitrogen and oxygen atoms in total. The molecule has 2 aromatic rings. The van der Waals surface area contributed by atoms with Gasteiger partial charge in [-0.2, -0.15) is 13.2 Å². The van der Waals surface area contributed by atoms with Crippen LogP contribution >= 0.6 is 11.3 Å². The zero-order valence-electron chi connectivity index (χ0n) is 14.8. The van der Waals surface area contributed by atoms with Gasteiger partial charge in [0.05, 0.1) is 12.1 Å². The van der Waals surface area contributed by atoms with Gasteiger partial charge >= 0.3 is 12.3 Å². The summed E-state index contributed by atoms with van der Waals surface area (Å²) < 4.78 is 43.5. The summed E-state index contributed by atoms with van der Waals surface area (Å²) >= 11 is 1.57. The van der Waals surface area contributed by atoms with Crippen LogP contribution in [0.1, 0.15) is 36.8 Å². The molecule has 7 heteroatoms. The van der Waals surface area contributed by atoms with Gasteiger partial charge in [-0.15, -0.1) is 11.3 Å². The number of hydrogen-bond donors (Lipinski definition) is 0. The Morgan fingerprint density at radius 2 is 1.81 bits per heavy atom. The number of nitrogens with zero attached hydrogens (tertiary/aromatic N) is 1. The van der Waals surface area contributed by atoms with Crippen molar-refractivity contribution >= 4 is 17.4 Å². The van der Waals surface area contributed by atoms with Gasteiger partial charge in [-0.05, 0) is 56.5 Å². The highest BCUT2D eigenvalue weighted by molar-refractivity contribution is 7.15. The van der Waals surface area contributed by atoms with E-state index in [1.807, 2.05) is 26.8 Å². The predicted octanol–water partition coefficient (Wildman–Crippen LogP) is 5.73. The molecule has 1 amide bonds. The smallest absolute Gasteiger partial charge is 0.416 e. The normalized spacial score (nSPS) is 14.9. The van der Waals surface area contributed by atoms with Crippen LogP contribution in [0.15, 0.2) is 30.3 Å². The molecule has 0 fully saturated rings. The van der Waals surface area contributed by atoms with E-state index in [0.717, 1.165) is 34.6 Å². The van der Waals surface area contributed by atoms with E-state index < -0.39 is 17.3 Å². The van der Waals surface area contributed by atoms with Crippen molar-refractivity contribution in [1.29, 1.82) is 0 Å². The second-order valence-corrected chi connectivity index (χ2v) is 8.42. The Bertz CT molecular complexity index is 804. The van der Waals surface area contributed by atoms with Crippen molar-refractivity contribution in [2.75, 3.05) is 6.54 Å². The van der Waals surface area contributed by atoms with Gasteiger partial charge in [0.1, 0.15) is 5.60 Å². The molecule has 1 aliphatic rings. The summed E-state index contributed by atoms with van der Waals surface area (Å²) in [6, 6.07) is 7.14. The third-order valence-corrected chi connectivity index (χ3v) is 5.30. The predicted molar refractivity (Wildman–Crippen MR) is 95.1 cm³/mol. The molecule has 26 heavy (non-hydrogen) atoms. The van der Waals surface area contributed by atoms with Crippen LogP contribution in [0.2, 0.25) is 0 Å². The lowest BCUT2D eigenvalue weighted by Gasteiger charge is -2.29. The van der Waals surface area contributed by atoms with Crippen LogP contribution in [0.25, 0.3) is 10.4 Å². The van der Waals surface area contributed by atoms with E-state index in [1.54, 1.807) is 16.2 Å². The zero-order chi connectivity index (χ0) is 19.1. The molecule has 1 aromatic carbocycles. The standard InChI is InChI=1S/C19H20F3NO2S/c1-18(2,3)25-17(24)23-9-8-15-13(11-23)10-16(26-15)12-4-6-14(7-5-12)19(20,21)22/h4-7,10H,8-9,11H2,1-3H3. The average molecular weight is 383 g/mol. The van der Waals surface area contributed by atoms with Crippen LogP contribution < -0.4 is 0 Å². The first-order valence-electron chi connectivity index (χ1n) is 8.30. The number of carbonyl (C=O) groups is 1. The van der Waals surface area contributed by atoms with Crippen molar-refractivity contribution in [3.05, 3.63) is 46.3 Å². The van der Waals surface area contributed by atoms with E-state index in [4.69, 9.17) is 4.74 Å². The minimum Gasteiger partial charge on any atom is -0.444 e. The molecule has 0 saturated carbocycles. The fraction of sp³-hybridized carbons (Fsp3) is 0.421. The number of alkyl halides is 3. The molecule has 0 bridgehead atoms. The zero-order valence-corrected chi connectivity index (χ0v) is 15.6. The van der Waals surface area contributed by atoms with E-state index in [-0.39, 0.29) is 6.09 Å². The Morgan fingerprint density at radius 1 is 1.15 bits per heavy atom. The van der Waals surface area contributed by atoms with Gasteiger partial charge in [-0.1, -0.05) is 12.1 Å². The number of thiophene rings is 1. The largest absolute Gasteiger partial charge is 0.444 e. The van der Waals surface area contributed by atoms with Gasteiger partial charge in [0.25, 0.3) is 0 Å². The SMILES string of the molecule is CC(C)(C)OC(=O)N1CCc2sc(-c3ccc(C(F)(F)F)cc3)cc2C1. The highest BCUT2D eigenvalue weighted by Gasteiger charge is 2.30. The molecule has 0 saturated heterocycles. The molecule has 0 N–H and O–H groups in total. The van der Waals surface area contributed by atoms with E-state index in [2.05, 4.69) is 0 Å². The first-order chi connectivity index (χ1) is 12.0. The average Bonchev–Trinajstić information content (AvgIpc) is 2.95. The number of rotatable bonds is 1. The number of fused-ring (bicyclic) bond motifs is 1. The van der Waals surface area contributed by atoms with Crippen molar-refractivity contribution < 1.29 is 22.7 Å². The maximum atomic E-state index is 12.7. The molecule has 0 aliphatic carbocycles. The summed E-state index contributed by atoms with van der Waals surface area (Å²) in [6.07, 6.45) is -3.95. The minimum absolute atomic E-state index is 0.342. The maximum Gasteiger partial charge on any atom is 0.416 e. The van der Waals surface area contributed by atoms with Gasteiger partial charge in [-0.25, -0.2) is 4.79 Å². The van der Waals surface area contributed by atoms with Crippen molar-refractivity contribution in [2.45, 2.75) is 45.5 Å². The molecule has 2 heterocycles. The van der Waals surface area contributed by atoms with Crippen molar-refractivity contribution in [1.82, 2.24) is 4.90 Å². The van der Waals surface area contributed by atoms with Crippen LogP contribution in [-0.2, 0) is 23.9 Å². The van der Waals surface area contributed by atoms with Crippen LogP contribution in [-0.4, -0.2) is 23.1 Å². The van der Waals surface area contributed by atoms with Crippen molar-refractivity contribution in [2.24, 2.45) is 0 Å². The van der Waals surface area contributed by atoms with Gasteiger partial charge in [0.2, 0.25) is 0 Å². The molecule has 1 aromatic heterocycles. The van der Waals surface area contributed by atoms with E-state index in [9.17, 15) is 18.0 Å². The van der Waals surface area contributed by atoms with Crippen LogP contribution in [0.5, 0.6) is 0 Å². The molecule has 1 aliphatic heterocycles. The molecule has 0 unspecified atom stereocenters. The first-order valence-corrected chi connectivity index (χ1v) is 9.12. The van der Waals surface area contributed by atoms with Gasteiger partial charge in [0.15, 0.2) is 0 Å². The summed E-state index contributed by atoms with van der Waals surface area (Å²) in [6.45, 7) is 6.52. The Kier molecular flexibility index (Phi) is 4.77. The first kappa shape index (κ1) is 18.8. The van der Waals surface area contributed by atoms with E-state index in [0.29, 0.717) is 13.1 Å². The fourth-order valence-corrected chi connectivity index (χ4v) is 3.95. The molecule has 0 atom stereocenters. The number of carbonyl (C=O) groups excluding carboxylic acids is 1. The summed E-state index contributed by atoms with van der Waals surface area (Å²) in [7, 11) is 0. The third-order valence-electron chi connectivity index (χ3n) is 4.02. The highest BCUT2D eigenvalue weighted by Crippen LogP contribution is 2.36. The number of amides is 1. The second-order valence-electron chi connectivity index (χ2n) is 7.29. The number of ether oxygens (including phenoxy) is 1. The number of hydrogen-bond acceptors (Lipinski definition) is 3. The van der Waals surface area contributed by atoms with Crippen LogP contribution in [0, 0.1) is 0 Å². The molecular weight excluding hydrogens is 363 g/mol. The van der Waals surface area contributed by atoms with E-state index in [1.165, 1.54) is 17.0 Å². The second kappa shape index (κ2) is 6.61. The summed E-state index contributed by atoms with van der Waals surface area (Å²) in [4.78, 5) is 16.0. The quantitative estimate of drug-likeness (QED) is 0.630. The maximum absolute atomic E-state index is 12.7. The van der Waals surface area contributed by atoms with Crippen LogP contribution in [0.3, 0.4) is 0 Å². The van der Waals surface area contributed by atoms with Gasteiger partial charge in [0, 0.05) is 16.3 Å². The lowest BCUT2D eigenvalue weighted by molar-refractivity contribution is -0.137. The third kappa shape index (κ3) is 4.20. The van der Waals surface area contributed by atoms with Crippen molar-refractivity contribution in [3.8, 4) is 10.4 Å². The lowest BCUT2D eigenvalue weighted by atomic mass is 10.1. The number of halogens is 3. The number of benzene rings is 1. The molecule has 0 radical (unpaired) electrons. The molecular formula is C19H20F3NO2S. The summed E-state index contributed by atoms with van der Waals surface area (Å²) in [5.74, 6) is 0. The Hall–Kier alpha value is -2.02.